The highest BCUT2D eigenvalue weighted by Gasteiger charge is 2.10. The molecule has 2 heterocycles. The van der Waals surface area contributed by atoms with Crippen LogP contribution in [0.1, 0.15) is 22.3 Å². The van der Waals surface area contributed by atoms with Gasteiger partial charge >= 0.3 is 5.97 Å². The maximum Gasteiger partial charge on any atom is 0.383 e. The van der Waals surface area contributed by atoms with Gasteiger partial charge in [0.05, 0.1) is 16.1 Å². The van der Waals surface area contributed by atoms with Crippen molar-refractivity contribution in [2.24, 2.45) is 5.16 Å². The van der Waals surface area contributed by atoms with Crippen LogP contribution in [-0.4, -0.2) is 16.7 Å². The number of carbonyl (C=O) groups excluding carboxylic acids is 1. The molecule has 0 N–H and O–H groups in total. The van der Waals surface area contributed by atoms with Crippen LogP contribution in [0.5, 0.6) is 0 Å². The highest BCUT2D eigenvalue weighted by Crippen LogP contribution is 2.13. The third-order valence-corrected chi connectivity index (χ3v) is 3.93. The van der Waals surface area contributed by atoms with Crippen molar-refractivity contribution < 1.29 is 9.63 Å². The molecule has 0 fully saturated rings. The van der Waals surface area contributed by atoms with Crippen molar-refractivity contribution in [1.82, 2.24) is 4.98 Å². The number of pyridine rings is 1. The van der Waals surface area contributed by atoms with E-state index < -0.39 is 5.97 Å². The number of benzene rings is 1. The van der Waals surface area contributed by atoms with Crippen molar-refractivity contribution in [2.75, 3.05) is 0 Å². The topological polar surface area (TPSA) is 51.5 Å². The fraction of sp³-hybridized carbons (Fsp3) is 0.0625. The minimum atomic E-state index is -0.559. The Morgan fingerprint density at radius 3 is 2.81 bits per heavy atom. The number of hydrogen-bond donors (Lipinski definition) is 0. The van der Waals surface area contributed by atoms with Gasteiger partial charge < -0.3 is 4.84 Å². The van der Waals surface area contributed by atoms with Gasteiger partial charge in [0.15, 0.2) is 5.69 Å². The average Bonchev–Trinajstić information content (AvgIpc) is 3.06. The van der Waals surface area contributed by atoms with Crippen molar-refractivity contribution in [3.63, 3.8) is 0 Å². The van der Waals surface area contributed by atoms with Crippen LogP contribution in [-0.2, 0) is 4.84 Å². The molecule has 4 nitrogen and oxygen atoms in total. The van der Waals surface area contributed by atoms with E-state index in [0.29, 0.717) is 5.71 Å². The maximum absolute atomic E-state index is 12.0. The summed E-state index contributed by atoms with van der Waals surface area (Å²) in [5, 5.41) is 6.79. The SMILES string of the molecule is CC(=NOC(=O)c1ccc2ccccc2n1)c1cccs1. The van der Waals surface area contributed by atoms with E-state index in [4.69, 9.17) is 4.84 Å². The summed E-state index contributed by atoms with van der Waals surface area (Å²) < 4.78 is 0. The van der Waals surface area contributed by atoms with Crippen LogP contribution in [0.3, 0.4) is 0 Å². The molecule has 0 aliphatic rings. The largest absolute Gasteiger partial charge is 0.383 e. The monoisotopic (exact) mass is 296 g/mol. The smallest absolute Gasteiger partial charge is 0.311 e. The molecular formula is C16H12N2O2S. The Morgan fingerprint density at radius 2 is 2.00 bits per heavy atom. The predicted molar refractivity (Wildman–Crippen MR) is 83.7 cm³/mol. The fourth-order valence-corrected chi connectivity index (χ4v) is 2.53. The molecule has 0 aliphatic heterocycles. The molecule has 1 aromatic carbocycles. The summed E-state index contributed by atoms with van der Waals surface area (Å²) in [6, 6.07) is 14.9. The Morgan fingerprint density at radius 1 is 1.14 bits per heavy atom. The van der Waals surface area contributed by atoms with Gasteiger partial charge in [-0.25, -0.2) is 9.78 Å². The van der Waals surface area contributed by atoms with Crippen LogP contribution in [0.15, 0.2) is 59.1 Å². The van der Waals surface area contributed by atoms with Crippen LogP contribution in [0.2, 0.25) is 0 Å². The van der Waals surface area contributed by atoms with E-state index in [1.807, 2.05) is 47.8 Å². The van der Waals surface area contributed by atoms with E-state index in [1.165, 1.54) is 0 Å². The van der Waals surface area contributed by atoms with Gasteiger partial charge in [0, 0.05) is 5.39 Å². The van der Waals surface area contributed by atoms with Crippen LogP contribution in [0.4, 0.5) is 0 Å². The Balaban J connectivity index is 1.79. The number of carbonyl (C=O) groups is 1. The highest BCUT2D eigenvalue weighted by molar-refractivity contribution is 7.12. The molecule has 0 aliphatic carbocycles. The van der Waals surface area contributed by atoms with Gasteiger partial charge in [0.1, 0.15) is 0 Å². The summed E-state index contributed by atoms with van der Waals surface area (Å²) in [5.74, 6) is -0.559. The lowest BCUT2D eigenvalue weighted by molar-refractivity contribution is 0.0510. The summed E-state index contributed by atoms with van der Waals surface area (Å²) in [6.45, 7) is 1.80. The molecule has 3 aromatic rings. The zero-order valence-electron chi connectivity index (χ0n) is 11.3. The number of para-hydroxylation sites is 1. The number of hydrogen-bond acceptors (Lipinski definition) is 5. The predicted octanol–water partition coefficient (Wildman–Crippen LogP) is 3.88. The Hall–Kier alpha value is -2.53. The first kappa shape index (κ1) is 13.5. The van der Waals surface area contributed by atoms with Crippen LogP contribution >= 0.6 is 11.3 Å². The summed E-state index contributed by atoms with van der Waals surface area (Å²) in [4.78, 5) is 22.2. The third kappa shape index (κ3) is 2.98. The molecule has 0 saturated heterocycles. The molecular weight excluding hydrogens is 284 g/mol. The molecule has 0 amide bonds. The van der Waals surface area contributed by atoms with Gasteiger partial charge in [0.2, 0.25) is 0 Å². The first-order valence-corrected chi connectivity index (χ1v) is 7.27. The molecule has 0 spiro atoms. The van der Waals surface area contributed by atoms with Crippen molar-refractivity contribution in [1.29, 1.82) is 0 Å². The van der Waals surface area contributed by atoms with E-state index in [1.54, 1.807) is 24.3 Å². The molecule has 104 valence electrons. The molecule has 0 radical (unpaired) electrons. The Bertz CT molecular complexity index is 810. The fourth-order valence-electron chi connectivity index (χ4n) is 1.87. The lowest BCUT2D eigenvalue weighted by atomic mass is 10.2. The number of oxime groups is 1. The maximum atomic E-state index is 12.0. The normalized spacial score (nSPS) is 11.6. The second-order valence-electron chi connectivity index (χ2n) is 4.42. The standard InChI is InChI=1S/C16H12N2O2S/c1-11(15-7-4-10-21-15)18-20-16(19)14-9-8-12-5-2-3-6-13(12)17-14/h2-10H,1H3. The number of aromatic nitrogens is 1. The summed E-state index contributed by atoms with van der Waals surface area (Å²) >= 11 is 1.54. The molecule has 0 saturated carbocycles. The van der Waals surface area contributed by atoms with E-state index in [2.05, 4.69) is 10.1 Å². The quantitative estimate of drug-likeness (QED) is 0.419. The number of thiophene rings is 1. The summed E-state index contributed by atoms with van der Waals surface area (Å²) in [6.07, 6.45) is 0. The van der Waals surface area contributed by atoms with Gasteiger partial charge in [-0.1, -0.05) is 35.5 Å². The first-order chi connectivity index (χ1) is 10.2. The highest BCUT2D eigenvalue weighted by atomic mass is 32.1. The van der Waals surface area contributed by atoms with Gasteiger partial charge in [-0.2, -0.15) is 0 Å². The summed E-state index contributed by atoms with van der Waals surface area (Å²) in [5.41, 5.74) is 1.67. The van der Waals surface area contributed by atoms with E-state index >= 15 is 0 Å². The van der Waals surface area contributed by atoms with Crippen LogP contribution in [0.25, 0.3) is 10.9 Å². The molecule has 5 heteroatoms. The number of rotatable bonds is 3. The van der Waals surface area contributed by atoms with Gasteiger partial charge in [-0.15, -0.1) is 11.3 Å². The van der Waals surface area contributed by atoms with Gasteiger partial charge in [-0.05, 0) is 30.5 Å². The Labute approximate surface area is 125 Å². The van der Waals surface area contributed by atoms with Crippen molar-refractivity contribution in [3.8, 4) is 0 Å². The van der Waals surface area contributed by atoms with E-state index in [9.17, 15) is 4.79 Å². The average molecular weight is 296 g/mol. The lowest BCUT2D eigenvalue weighted by Crippen LogP contribution is -2.05. The van der Waals surface area contributed by atoms with Crippen LogP contribution in [0, 0.1) is 0 Å². The molecule has 3 rings (SSSR count). The second-order valence-corrected chi connectivity index (χ2v) is 5.37. The van der Waals surface area contributed by atoms with Gasteiger partial charge in [-0.3, -0.25) is 0 Å². The van der Waals surface area contributed by atoms with Crippen molar-refractivity contribution in [3.05, 3.63) is 64.5 Å². The lowest BCUT2D eigenvalue weighted by Gasteiger charge is -2.01. The van der Waals surface area contributed by atoms with Crippen LogP contribution < -0.4 is 0 Å². The van der Waals surface area contributed by atoms with Crippen molar-refractivity contribution in [2.45, 2.75) is 6.92 Å². The van der Waals surface area contributed by atoms with Gasteiger partial charge in [0.25, 0.3) is 0 Å². The number of fused-ring (bicyclic) bond motifs is 1. The third-order valence-electron chi connectivity index (χ3n) is 2.95. The second kappa shape index (κ2) is 5.85. The molecule has 0 unspecified atom stereocenters. The Kier molecular flexibility index (Phi) is 3.75. The molecule has 0 bridgehead atoms. The van der Waals surface area contributed by atoms with Crippen molar-refractivity contribution >= 4 is 33.9 Å². The minimum absolute atomic E-state index is 0.247. The first-order valence-electron chi connectivity index (χ1n) is 6.39. The zero-order chi connectivity index (χ0) is 14.7. The van der Waals surface area contributed by atoms with E-state index in [-0.39, 0.29) is 5.69 Å². The molecule has 0 atom stereocenters. The summed E-state index contributed by atoms with van der Waals surface area (Å²) in [7, 11) is 0. The van der Waals surface area contributed by atoms with E-state index in [0.717, 1.165) is 15.8 Å². The minimum Gasteiger partial charge on any atom is -0.311 e. The zero-order valence-corrected chi connectivity index (χ0v) is 12.1. The molecule has 2 aromatic heterocycles. The number of nitrogens with zero attached hydrogens (tertiary/aromatic N) is 2. The molecule has 21 heavy (non-hydrogen) atoms.